The maximum absolute atomic E-state index is 6.47. The second-order valence-electron chi connectivity index (χ2n) is 9.72. The molecule has 0 aromatic heterocycles. The van der Waals surface area contributed by atoms with Crippen LogP contribution in [-0.2, 0) is 6.61 Å². The summed E-state index contributed by atoms with van der Waals surface area (Å²) in [7, 11) is 0. The van der Waals surface area contributed by atoms with Gasteiger partial charge >= 0.3 is 0 Å². The van der Waals surface area contributed by atoms with Crippen LogP contribution in [0.15, 0.2) is 48.0 Å². The van der Waals surface area contributed by atoms with E-state index in [2.05, 4.69) is 77.1 Å². The zero-order valence-corrected chi connectivity index (χ0v) is 18.8. The molecule has 4 atom stereocenters. The predicted octanol–water partition coefficient (Wildman–Crippen LogP) is 8.03. The molecule has 0 spiro atoms. The van der Waals surface area contributed by atoms with Gasteiger partial charge in [0.1, 0.15) is 12.4 Å². The summed E-state index contributed by atoms with van der Waals surface area (Å²) in [6, 6.07) is 12.9. The zero-order valence-electron chi connectivity index (χ0n) is 18.8. The normalized spacial score (nSPS) is 25.3. The van der Waals surface area contributed by atoms with Crippen molar-refractivity contribution in [3.8, 4) is 5.75 Å². The highest BCUT2D eigenvalue weighted by molar-refractivity contribution is 5.56. The van der Waals surface area contributed by atoms with E-state index in [0.29, 0.717) is 24.4 Å². The Morgan fingerprint density at radius 3 is 2.52 bits per heavy atom. The van der Waals surface area contributed by atoms with E-state index in [1.807, 2.05) is 0 Å². The van der Waals surface area contributed by atoms with Crippen molar-refractivity contribution in [2.24, 2.45) is 5.92 Å². The Morgan fingerprint density at radius 2 is 1.79 bits per heavy atom. The van der Waals surface area contributed by atoms with Crippen LogP contribution in [0.2, 0.25) is 0 Å². The van der Waals surface area contributed by atoms with Crippen LogP contribution in [0.3, 0.4) is 0 Å². The summed E-state index contributed by atoms with van der Waals surface area (Å²) < 4.78 is 6.47. The van der Waals surface area contributed by atoms with E-state index in [9.17, 15) is 0 Å². The molecule has 2 aliphatic rings. The molecule has 0 N–H and O–H groups in total. The Morgan fingerprint density at radius 1 is 1.03 bits per heavy atom. The van der Waals surface area contributed by atoms with Crippen LogP contribution >= 0.6 is 0 Å². The molecule has 0 aliphatic heterocycles. The molecule has 154 valence electrons. The first-order chi connectivity index (χ1) is 14.0. The van der Waals surface area contributed by atoms with Crippen molar-refractivity contribution in [3.63, 3.8) is 0 Å². The van der Waals surface area contributed by atoms with Crippen LogP contribution in [-0.4, -0.2) is 0 Å². The first-order valence-electron chi connectivity index (χ1n) is 11.4. The lowest BCUT2D eigenvalue weighted by Crippen LogP contribution is -2.28. The van der Waals surface area contributed by atoms with Gasteiger partial charge in [0.05, 0.1) is 0 Å². The number of hydrogen-bond donors (Lipinski definition) is 0. The van der Waals surface area contributed by atoms with Gasteiger partial charge in [-0.1, -0.05) is 55.8 Å². The number of allylic oxidation sites excluding steroid dienone is 2. The van der Waals surface area contributed by atoms with Gasteiger partial charge in [-0.3, -0.25) is 0 Å². The van der Waals surface area contributed by atoms with E-state index in [1.54, 1.807) is 11.1 Å². The monoisotopic (exact) mass is 388 g/mol. The standard InChI is InChI=1S/C28H36O/c1-18(2)11-13-23-15-20(4)24-14-12-19(3)27-25(16-21(5)26(23)28(24)27)29-17-22-9-7-6-8-10-22/h6-11,16,19-20,23-24H,12-15,17H2,1-5H3/t19-,20+,23+,24-/m1/s1. The van der Waals surface area contributed by atoms with Gasteiger partial charge in [0.2, 0.25) is 0 Å². The van der Waals surface area contributed by atoms with E-state index in [1.165, 1.54) is 47.9 Å². The zero-order chi connectivity index (χ0) is 20.5. The molecule has 29 heavy (non-hydrogen) atoms. The lowest BCUT2D eigenvalue weighted by Gasteiger charge is -2.43. The van der Waals surface area contributed by atoms with Crippen LogP contribution in [0.1, 0.15) is 98.9 Å². The third-order valence-corrected chi connectivity index (χ3v) is 7.19. The lowest BCUT2D eigenvalue weighted by atomic mass is 9.61. The fourth-order valence-corrected chi connectivity index (χ4v) is 5.76. The van der Waals surface area contributed by atoms with Crippen molar-refractivity contribution in [1.29, 1.82) is 0 Å². The summed E-state index contributed by atoms with van der Waals surface area (Å²) in [5.41, 5.74) is 8.95. The number of benzene rings is 2. The van der Waals surface area contributed by atoms with Gasteiger partial charge < -0.3 is 4.74 Å². The molecule has 0 saturated carbocycles. The van der Waals surface area contributed by atoms with Gasteiger partial charge in [0.15, 0.2) is 0 Å². The first-order valence-corrected chi connectivity index (χ1v) is 11.4. The molecular weight excluding hydrogens is 352 g/mol. The fraction of sp³-hybridized carbons (Fsp3) is 0.500. The molecule has 2 aromatic rings. The third-order valence-electron chi connectivity index (χ3n) is 7.19. The number of hydrogen-bond acceptors (Lipinski definition) is 1. The van der Waals surface area contributed by atoms with E-state index >= 15 is 0 Å². The van der Waals surface area contributed by atoms with E-state index in [0.717, 1.165) is 11.7 Å². The molecule has 1 nitrogen and oxygen atoms in total. The van der Waals surface area contributed by atoms with Crippen molar-refractivity contribution in [1.82, 2.24) is 0 Å². The molecule has 0 heterocycles. The lowest BCUT2D eigenvalue weighted by molar-refractivity contribution is 0.282. The average Bonchev–Trinajstić information content (AvgIpc) is 2.70. The molecule has 2 aromatic carbocycles. The highest BCUT2D eigenvalue weighted by atomic mass is 16.5. The van der Waals surface area contributed by atoms with Gasteiger partial charge in [0, 0.05) is 5.56 Å². The van der Waals surface area contributed by atoms with Crippen molar-refractivity contribution >= 4 is 0 Å². The maximum Gasteiger partial charge on any atom is 0.123 e. The quantitative estimate of drug-likeness (QED) is 0.471. The highest BCUT2D eigenvalue weighted by Gasteiger charge is 2.39. The molecule has 1 heteroatoms. The summed E-state index contributed by atoms with van der Waals surface area (Å²) in [6.45, 7) is 12.3. The summed E-state index contributed by atoms with van der Waals surface area (Å²) in [5, 5.41) is 0. The number of rotatable bonds is 5. The summed E-state index contributed by atoms with van der Waals surface area (Å²) in [4.78, 5) is 0. The SMILES string of the molecule is CC(C)=CC[C@H]1C[C@H](C)[C@H]2CC[C@@H](C)c3c(OCc4ccccc4)cc(C)c1c32. The average molecular weight is 389 g/mol. The van der Waals surface area contributed by atoms with Crippen molar-refractivity contribution in [2.45, 2.75) is 84.7 Å². The maximum atomic E-state index is 6.47. The van der Waals surface area contributed by atoms with Crippen LogP contribution < -0.4 is 4.74 Å². The van der Waals surface area contributed by atoms with Crippen LogP contribution in [0.4, 0.5) is 0 Å². The topological polar surface area (TPSA) is 9.23 Å². The van der Waals surface area contributed by atoms with Gasteiger partial charge in [-0.15, -0.1) is 0 Å². The molecule has 0 radical (unpaired) electrons. The van der Waals surface area contributed by atoms with Gasteiger partial charge in [-0.25, -0.2) is 0 Å². The Hall–Kier alpha value is -2.02. The van der Waals surface area contributed by atoms with Crippen molar-refractivity contribution < 1.29 is 4.74 Å². The predicted molar refractivity (Wildman–Crippen MR) is 123 cm³/mol. The molecule has 0 amide bonds. The van der Waals surface area contributed by atoms with Crippen LogP contribution in [0.5, 0.6) is 5.75 Å². The third kappa shape index (κ3) is 4.02. The fourth-order valence-electron chi connectivity index (χ4n) is 5.76. The highest BCUT2D eigenvalue weighted by Crippen LogP contribution is 2.55. The molecule has 0 fully saturated rings. The van der Waals surface area contributed by atoms with Crippen LogP contribution in [0, 0.1) is 12.8 Å². The van der Waals surface area contributed by atoms with Gasteiger partial charge in [-0.2, -0.15) is 0 Å². The summed E-state index contributed by atoms with van der Waals surface area (Å²) >= 11 is 0. The Kier molecular flexibility index (Phi) is 5.86. The van der Waals surface area contributed by atoms with E-state index in [-0.39, 0.29) is 0 Å². The second kappa shape index (κ2) is 8.38. The van der Waals surface area contributed by atoms with Crippen molar-refractivity contribution in [3.05, 3.63) is 75.9 Å². The molecular formula is C28H36O. The number of ether oxygens (including phenoxy) is 1. The van der Waals surface area contributed by atoms with Gasteiger partial charge in [0.25, 0.3) is 0 Å². The minimum Gasteiger partial charge on any atom is -0.489 e. The molecule has 2 aliphatic carbocycles. The van der Waals surface area contributed by atoms with Gasteiger partial charge in [-0.05, 0) is 98.4 Å². The first kappa shape index (κ1) is 20.3. The van der Waals surface area contributed by atoms with E-state index in [4.69, 9.17) is 4.74 Å². The molecule has 0 unspecified atom stereocenters. The summed E-state index contributed by atoms with van der Waals surface area (Å²) in [6.07, 6.45) is 7.55. The minimum absolute atomic E-state index is 0.584. The smallest absolute Gasteiger partial charge is 0.123 e. The largest absolute Gasteiger partial charge is 0.489 e. The molecule has 0 bridgehead atoms. The Labute approximate surface area is 177 Å². The van der Waals surface area contributed by atoms with Crippen LogP contribution in [0.25, 0.3) is 0 Å². The van der Waals surface area contributed by atoms with Crippen molar-refractivity contribution in [2.75, 3.05) is 0 Å². The number of aryl methyl sites for hydroxylation is 1. The molecule has 4 rings (SSSR count). The summed E-state index contributed by atoms with van der Waals surface area (Å²) in [5.74, 6) is 3.84. The minimum atomic E-state index is 0.584. The second-order valence-corrected chi connectivity index (χ2v) is 9.72. The Bertz CT molecular complexity index is 888. The Balaban J connectivity index is 1.76. The molecule has 0 saturated heterocycles. The van der Waals surface area contributed by atoms with E-state index < -0.39 is 0 Å².